The Morgan fingerprint density at radius 2 is 1.73 bits per heavy atom. The van der Waals surface area contributed by atoms with Crippen molar-refractivity contribution < 1.29 is 4.79 Å². The number of rotatable bonds is 7. The van der Waals surface area contributed by atoms with E-state index in [-0.39, 0.29) is 5.91 Å². The van der Waals surface area contributed by atoms with Gasteiger partial charge in [0.1, 0.15) is 0 Å². The number of hydrogen-bond acceptors (Lipinski definition) is 3. The maximum absolute atomic E-state index is 12.0. The van der Waals surface area contributed by atoms with Gasteiger partial charge in [-0.05, 0) is 51.0 Å². The van der Waals surface area contributed by atoms with Crippen LogP contribution in [0.3, 0.4) is 0 Å². The number of nitrogens with zero attached hydrogens (tertiary/aromatic N) is 1. The molecule has 0 radical (unpaired) electrons. The van der Waals surface area contributed by atoms with Gasteiger partial charge >= 0.3 is 0 Å². The van der Waals surface area contributed by atoms with Crippen molar-refractivity contribution in [3.05, 3.63) is 24.3 Å². The molecule has 0 atom stereocenters. The second kappa shape index (κ2) is 8.79. The fraction of sp³-hybridized carbons (Fsp3) is 0.611. The van der Waals surface area contributed by atoms with E-state index in [0.717, 1.165) is 18.8 Å². The molecule has 22 heavy (non-hydrogen) atoms. The molecule has 1 fully saturated rings. The number of nitrogens with one attached hydrogen (secondary N) is 2. The number of carbonyl (C=O) groups excluding carboxylic acids is 1. The van der Waals surface area contributed by atoms with E-state index in [4.69, 9.17) is 0 Å². The van der Waals surface area contributed by atoms with Crippen molar-refractivity contribution in [1.29, 1.82) is 0 Å². The smallest absolute Gasteiger partial charge is 0.238 e. The van der Waals surface area contributed by atoms with Crippen LogP contribution in [0.5, 0.6) is 0 Å². The first-order valence-corrected chi connectivity index (χ1v) is 8.61. The summed E-state index contributed by atoms with van der Waals surface area (Å²) in [5.41, 5.74) is 2.06. The van der Waals surface area contributed by atoms with Gasteiger partial charge in [-0.3, -0.25) is 4.79 Å². The first-order chi connectivity index (χ1) is 10.7. The average molecular weight is 303 g/mol. The van der Waals surface area contributed by atoms with Gasteiger partial charge in [-0.15, -0.1) is 0 Å². The minimum Gasteiger partial charge on any atom is -0.372 e. The molecule has 4 heteroatoms. The van der Waals surface area contributed by atoms with Gasteiger partial charge in [0.05, 0.1) is 6.54 Å². The van der Waals surface area contributed by atoms with E-state index in [9.17, 15) is 4.79 Å². The van der Waals surface area contributed by atoms with Crippen LogP contribution >= 0.6 is 0 Å². The summed E-state index contributed by atoms with van der Waals surface area (Å²) in [5.74, 6) is 0.0427. The minimum absolute atomic E-state index is 0.0427. The lowest BCUT2D eigenvalue weighted by Gasteiger charge is -2.22. The quantitative estimate of drug-likeness (QED) is 0.811. The van der Waals surface area contributed by atoms with Crippen LogP contribution in [0.4, 0.5) is 11.4 Å². The van der Waals surface area contributed by atoms with Crippen molar-refractivity contribution in [3.8, 4) is 0 Å². The first-order valence-electron chi connectivity index (χ1n) is 8.61. The fourth-order valence-electron chi connectivity index (χ4n) is 3.09. The summed E-state index contributed by atoms with van der Waals surface area (Å²) >= 11 is 0. The molecular weight excluding hydrogens is 274 g/mol. The van der Waals surface area contributed by atoms with Crippen LogP contribution in [0.25, 0.3) is 0 Å². The third kappa shape index (κ3) is 5.02. The Balaban J connectivity index is 1.78. The highest BCUT2D eigenvalue weighted by atomic mass is 16.1. The lowest BCUT2D eigenvalue weighted by Crippen LogP contribution is -2.37. The molecule has 1 amide bonds. The highest BCUT2D eigenvalue weighted by molar-refractivity contribution is 5.92. The van der Waals surface area contributed by atoms with Crippen LogP contribution in [0.1, 0.15) is 46.0 Å². The Labute approximate surface area is 134 Å². The molecule has 0 bridgehead atoms. The SMILES string of the molecule is CCN(CC)c1ccc(NC(=O)CNC2CCCCC2)cc1. The molecule has 1 aromatic carbocycles. The highest BCUT2D eigenvalue weighted by Gasteiger charge is 2.13. The van der Waals surface area contributed by atoms with E-state index in [1.54, 1.807) is 0 Å². The van der Waals surface area contributed by atoms with Gasteiger partial charge in [0.15, 0.2) is 0 Å². The Hall–Kier alpha value is -1.55. The molecule has 0 spiro atoms. The van der Waals surface area contributed by atoms with E-state index in [0.29, 0.717) is 12.6 Å². The molecule has 1 aliphatic rings. The summed E-state index contributed by atoms with van der Waals surface area (Å²) in [5, 5.41) is 6.33. The number of anilines is 2. The summed E-state index contributed by atoms with van der Waals surface area (Å²) in [6.45, 7) is 6.69. The molecule has 0 saturated heterocycles. The van der Waals surface area contributed by atoms with Crippen molar-refractivity contribution in [1.82, 2.24) is 5.32 Å². The summed E-state index contributed by atoms with van der Waals surface area (Å²) < 4.78 is 0. The van der Waals surface area contributed by atoms with E-state index in [1.165, 1.54) is 37.8 Å². The van der Waals surface area contributed by atoms with Crippen LogP contribution in [0.15, 0.2) is 24.3 Å². The standard InChI is InChI=1S/C18H29N3O/c1-3-21(4-2)17-12-10-16(11-13-17)20-18(22)14-19-15-8-6-5-7-9-15/h10-13,15,19H,3-9,14H2,1-2H3,(H,20,22). The third-order valence-corrected chi connectivity index (χ3v) is 4.44. The zero-order chi connectivity index (χ0) is 15.8. The molecule has 4 nitrogen and oxygen atoms in total. The van der Waals surface area contributed by atoms with Crippen molar-refractivity contribution in [2.24, 2.45) is 0 Å². The monoisotopic (exact) mass is 303 g/mol. The maximum Gasteiger partial charge on any atom is 0.238 e. The van der Waals surface area contributed by atoms with Crippen molar-refractivity contribution >= 4 is 17.3 Å². The molecule has 0 heterocycles. The van der Waals surface area contributed by atoms with Crippen molar-refractivity contribution in [2.45, 2.75) is 52.0 Å². The Morgan fingerprint density at radius 1 is 1.09 bits per heavy atom. The van der Waals surface area contributed by atoms with E-state index < -0.39 is 0 Å². The van der Waals surface area contributed by atoms with E-state index in [2.05, 4.69) is 41.5 Å². The van der Waals surface area contributed by atoms with Crippen LogP contribution in [-0.4, -0.2) is 31.6 Å². The molecule has 1 saturated carbocycles. The number of carbonyl (C=O) groups is 1. The summed E-state index contributed by atoms with van der Waals surface area (Å²) in [7, 11) is 0. The predicted octanol–water partition coefficient (Wildman–Crippen LogP) is 3.39. The molecule has 1 aromatic rings. The average Bonchev–Trinajstić information content (AvgIpc) is 2.56. The molecule has 0 aromatic heterocycles. The Kier molecular flexibility index (Phi) is 6.72. The van der Waals surface area contributed by atoms with Gasteiger partial charge in [0.25, 0.3) is 0 Å². The van der Waals surface area contributed by atoms with Crippen LogP contribution < -0.4 is 15.5 Å². The van der Waals surface area contributed by atoms with Gasteiger partial charge in [0, 0.05) is 30.5 Å². The zero-order valence-corrected chi connectivity index (χ0v) is 13.9. The third-order valence-electron chi connectivity index (χ3n) is 4.44. The molecule has 0 unspecified atom stereocenters. The second-order valence-electron chi connectivity index (χ2n) is 5.98. The maximum atomic E-state index is 12.0. The van der Waals surface area contributed by atoms with Crippen LogP contribution in [0, 0.1) is 0 Å². The predicted molar refractivity (Wildman–Crippen MR) is 93.5 cm³/mol. The summed E-state index contributed by atoms with van der Waals surface area (Å²) in [6.07, 6.45) is 6.30. The normalized spacial score (nSPS) is 15.5. The minimum atomic E-state index is 0.0427. The fourth-order valence-corrected chi connectivity index (χ4v) is 3.09. The number of amides is 1. The van der Waals surface area contributed by atoms with Crippen LogP contribution in [0.2, 0.25) is 0 Å². The second-order valence-corrected chi connectivity index (χ2v) is 5.98. The molecule has 2 N–H and O–H groups in total. The van der Waals surface area contributed by atoms with Crippen molar-refractivity contribution in [2.75, 3.05) is 29.9 Å². The van der Waals surface area contributed by atoms with Crippen molar-refractivity contribution in [3.63, 3.8) is 0 Å². The molecule has 2 rings (SSSR count). The summed E-state index contributed by atoms with van der Waals surface area (Å²) in [6, 6.07) is 8.61. The highest BCUT2D eigenvalue weighted by Crippen LogP contribution is 2.18. The Bertz CT molecular complexity index is 448. The lowest BCUT2D eigenvalue weighted by atomic mass is 9.95. The first kappa shape index (κ1) is 16.8. The molecule has 0 aliphatic heterocycles. The van der Waals surface area contributed by atoms with Crippen LogP contribution in [-0.2, 0) is 4.79 Å². The lowest BCUT2D eigenvalue weighted by molar-refractivity contribution is -0.115. The van der Waals surface area contributed by atoms with Gasteiger partial charge in [-0.1, -0.05) is 19.3 Å². The molecule has 1 aliphatic carbocycles. The molecular formula is C18H29N3O. The largest absolute Gasteiger partial charge is 0.372 e. The van der Waals surface area contributed by atoms with Gasteiger partial charge in [-0.2, -0.15) is 0 Å². The number of hydrogen-bond donors (Lipinski definition) is 2. The van der Waals surface area contributed by atoms with E-state index >= 15 is 0 Å². The Morgan fingerprint density at radius 3 is 2.32 bits per heavy atom. The van der Waals surface area contributed by atoms with E-state index in [1.807, 2.05) is 12.1 Å². The zero-order valence-electron chi connectivity index (χ0n) is 13.9. The number of benzene rings is 1. The summed E-state index contributed by atoms with van der Waals surface area (Å²) in [4.78, 5) is 14.3. The van der Waals surface area contributed by atoms with Gasteiger partial charge in [-0.25, -0.2) is 0 Å². The molecule has 122 valence electrons. The van der Waals surface area contributed by atoms with Gasteiger partial charge in [0.2, 0.25) is 5.91 Å². The topological polar surface area (TPSA) is 44.4 Å². The van der Waals surface area contributed by atoms with Gasteiger partial charge < -0.3 is 15.5 Å².